The SMILES string of the molecule is COc1ccc(Cn2nnc(-c3cc4cc(C#Cc5nc(C6CCC6)cs5)ccc4o3)n2)cc1. The fourth-order valence-electron chi connectivity index (χ4n) is 3.90. The van der Waals surface area contributed by atoms with E-state index in [1.807, 2.05) is 48.5 Å². The Hall–Kier alpha value is -3.96. The van der Waals surface area contributed by atoms with Crippen LogP contribution in [0.1, 0.15) is 47.0 Å². The summed E-state index contributed by atoms with van der Waals surface area (Å²) in [4.78, 5) is 6.24. The number of hydrogen-bond acceptors (Lipinski definition) is 7. The van der Waals surface area contributed by atoms with Gasteiger partial charge in [0.25, 0.3) is 0 Å². The number of rotatable bonds is 5. The standard InChI is InChI=1S/C26H21N5O2S/c1-32-21-9-5-18(6-10-21)15-31-29-26(28-30-31)24-14-20-13-17(7-11-23(20)33-24)8-12-25-27-22(16-34-25)19-3-2-4-19/h5-7,9-11,13-14,16,19H,2-4,15H2,1H3. The van der Waals surface area contributed by atoms with Crippen molar-refractivity contribution in [2.75, 3.05) is 7.11 Å². The molecule has 0 amide bonds. The van der Waals surface area contributed by atoms with Gasteiger partial charge in [-0.15, -0.1) is 21.5 Å². The summed E-state index contributed by atoms with van der Waals surface area (Å²) in [6.45, 7) is 0.510. The number of nitrogens with zero attached hydrogens (tertiary/aromatic N) is 5. The zero-order chi connectivity index (χ0) is 22.9. The van der Waals surface area contributed by atoms with E-state index in [1.54, 1.807) is 23.2 Å². The van der Waals surface area contributed by atoms with E-state index in [1.165, 1.54) is 25.0 Å². The number of furan rings is 1. The monoisotopic (exact) mass is 467 g/mol. The van der Waals surface area contributed by atoms with Crippen LogP contribution in [0.25, 0.3) is 22.6 Å². The average molecular weight is 468 g/mol. The van der Waals surface area contributed by atoms with E-state index >= 15 is 0 Å². The van der Waals surface area contributed by atoms with Crippen molar-refractivity contribution in [3.63, 3.8) is 0 Å². The Bertz CT molecular complexity index is 1520. The minimum Gasteiger partial charge on any atom is -0.497 e. The van der Waals surface area contributed by atoms with Gasteiger partial charge in [0.2, 0.25) is 5.82 Å². The van der Waals surface area contributed by atoms with Crippen LogP contribution in [0.2, 0.25) is 0 Å². The smallest absolute Gasteiger partial charge is 0.240 e. The zero-order valence-electron chi connectivity index (χ0n) is 18.6. The van der Waals surface area contributed by atoms with E-state index in [4.69, 9.17) is 9.15 Å². The second kappa shape index (κ2) is 8.76. The van der Waals surface area contributed by atoms with E-state index in [-0.39, 0.29) is 0 Å². The lowest BCUT2D eigenvalue weighted by molar-refractivity contribution is 0.412. The maximum absolute atomic E-state index is 5.96. The molecule has 6 rings (SSSR count). The molecule has 0 atom stereocenters. The summed E-state index contributed by atoms with van der Waals surface area (Å²) >= 11 is 1.62. The van der Waals surface area contributed by atoms with E-state index < -0.39 is 0 Å². The Morgan fingerprint density at radius 3 is 2.79 bits per heavy atom. The Labute approximate surface area is 200 Å². The average Bonchev–Trinajstić information content (AvgIpc) is 3.56. The first kappa shape index (κ1) is 20.6. The largest absolute Gasteiger partial charge is 0.497 e. The van der Waals surface area contributed by atoms with Gasteiger partial charge in [0, 0.05) is 22.2 Å². The van der Waals surface area contributed by atoms with Crippen LogP contribution >= 0.6 is 11.3 Å². The number of thiazole rings is 1. The highest BCUT2D eigenvalue weighted by Crippen LogP contribution is 2.36. The summed E-state index contributed by atoms with van der Waals surface area (Å²) in [7, 11) is 1.65. The Morgan fingerprint density at radius 1 is 1.12 bits per heavy atom. The van der Waals surface area contributed by atoms with Crippen molar-refractivity contribution < 1.29 is 9.15 Å². The maximum Gasteiger partial charge on any atom is 0.240 e. The van der Waals surface area contributed by atoms with Gasteiger partial charge in [0.1, 0.15) is 11.3 Å². The van der Waals surface area contributed by atoms with Crippen LogP contribution in [0.5, 0.6) is 5.75 Å². The summed E-state index contributed by atoms with van der Waals surface area (Å²) in [6, 6.07) is 15.6. The highest BCUT2D eigenvalue weighted by molar-refractivity contribution is 7.10. The molecule has 3 aromatic heterocycles. The third-order valence-corrected chi connectivity index (χ3v) is 6.81. The molecule has 3 heterocycles. The summed E-state index contributed by atoms with van der Waals surface area (Å²) in [5.41, 5.74) is 3.92. The minimum atomic E-state index is 0.448. The maximum atomic E-state index is 5.96. The van der Waals surface area contributed by atoms with Gasteiger partial charge >= 0.3 is 0 Å². The van der Waals surface area contributed by atoms with Gasteiger partial charge in [-0.3, -0.25) is 0 Å². The summed E-state index contributed by atoms with van der Waals surface area (Å²) in [6.07, 6.45) is 3.81. The predicted octanol–water partition coefficient (Wildman–Crippen LogP) is 5.27. The van der Waals surface area contributed by atoms with Crippen LogP contribution < -0.4 is 4.74 Å². The number of aromatic nitrogens is 5. The highest BCUT2D eigenvalue weighted by Gasteiger charge is 2.21. The van der Waals surface area contributed by atoms with Crippen molar-refractivity contribution in [3.05, 3.63) is 75.7 Å². The lowest BCUT2D eigenvalue weighted by atomic mass is 9.83. The van der Waals surface area contributed by atoms with E-state index in [0.717, 1.165) is 32.9 Å². The number of methoxy groups -OCH3 is 1. The fourth-order valence-corrected chi connectivity index (χ4v) is 4.64. The number of tetrazole rings is 1. The second-order valence-electron chi connectivity index (χ2n) is 8.31. The number of fused-ring (bicyclic) bond motifs is 1. The van der Waals surface area contributed by atoms with Gasteiger partial charge in [-0.2, -0.15) is 4.80 Å². The molecule has 34 heavy (non-hydrogen) atoms. The Kier molecular flexibility index (Phi) is 5.32. The number of benzene rings is 2. The Morgan fingerprint density at radius 2 is 2.00 bits per heavy atom. The Balaban J connectivity index is 1.19. The number of ether oxygens (including phenoxy) is 1. The quantitative estimate of drug-likeness (QED) is 0.328. The molecule has 0 bridgehead atoms. The topological polar surface area (TPSA) is 78.9 Å². The van der Waals surface area contributed by atoms with Gasteiger partial charge < -0.3 is 9.15 Å². The predicted molar refractivity (Wildman–Crippen MR) is 130 cm³/mol. The second-order valence-corrected chi connectivity index (χ2v) is 9.17. The first-order chi connectivity index (χ1) is 16.7. The lowest BCUT2D eigenvalue weighted by Gasteiger charge is -2.22. The molecule has 0 saturated heterocycles. The van der Waals surface area contributed by atoms with Crippen molar-refractivity contribution in [2.45, 2.75) is 31.7 Å². The summed E-state index contributed by atoms with van der Waals surface area (Å²) in [5, 5.41) is 16.8. The normalized spacial score (nSPS) is 13.4. The zero-order valence-corrected chi connectivity index (χ0v) is 19.4. The summed E-state index contributed by atoms with van der Waals surface area (Å²) in [5.74, 6) is 8.90. The van der Waals surface area contributed by atoms with Gasteiger partial charge in [-0.1, -0.05) is 24.5 Å². The molecule has 5 aromatic rings. The highest BCUT2D eigenvalue weighted by atomic mass is 32.1. The summed E-state index contributed by atoms with van der Waals surface area (Å²) < 4.78 is 11.2. The molecule has 0 spiro atoms. The van der Waals surface area contributed by atoms with Crippen molar-refractivity contribution in [1.82, 2.24) is 25.2 Å². The molecule has 0 radical (unpaired) electrons. The van der Waals surface area contributed by atoms with Crippen molar-refractivity contribution in [1.29, 1.82) is 0 Å². The molecule has 7 nitrogen and oxygen atoms in total. The van der Waals surface area contributed by atoms with Crippen LogP contribution in [-0.4, -0.2) is 32.3 Å². The van der Waals surface area contributed by atoms with Crippen LogP contribution in [-0.2, 0) is 6.54 Å². The van der Waals surface area contributed by atoms with Gasteiger partial charge in [-0.05, 0) is 65.9 Å². The van der Waals surface area contributed by atoms with Crippen LogP contribution in [0.3, 0.4) is 0 Å². The van der Waals surface area contributed by atoms with E-state index in [9.17, 15) is 0 Å². The number of hydrogen-bond donors (Lipinski definition) is 0. The minimum absolute atomic E-state index is 0.448. The van der Waals surface area contributed by atoms with Crippen molar-refractivity contribution >= 4 is 22.3 Å². The van der Waals surface area contributed by atoms with Gasteiger partial charge in [0.15, 0.2) is 10.8 Å². The molecule has 0 aliphatic heterocycles. The van der Waals surface area contributed by atoms with E-state index in [0.29, 0.717) is 24.0 Å². The molecule has 168 valence electrons. The first-order valence-electron chi connectivity index (χ1n) is 11.2. The molecule has 0 N–H and O–H groups in total. The fraction of sp³-hybridized carbons (Fsp3) is 0.231. The third kappa shape index (κ3) is 4.18. The van der Waals surface area contributed by atoms with Crippen LogP contribution in [0.15, 0.2) is 58.3 Å². The molecular weight excluding hydrogens is 446 g/mol. The molecule has 1 fully saturated rings. The van der Waals surface area contributed by atoms with Crippen LogP contribution in [0, 0.1) is 11.8 Å². The molecule has 1 saturated carbocycles. The molecule has 0 unspecified atom stereocenters. The third-order valence-electron chi connectivity index (χ3n) is 6.03. The van der Waals surface area contributed by atoms with Gasteiger partial charge in [-0.25, -0.2) is 4.98 Å². The molecular formula is C26H21N5O2S. The van der Waals surface area contributed by atoms with E-state index in [2.05, 4.69) is 37.6 Å². The molecule has 1 aliphatic carbocycles. The lowest BCUT2D eigenvalue weighted by Crippen LogP contribution is -2.08. The van der Waals surface area contributed by atoms with Crippen molar-refractivity contribution in [3.8, 4) is 29.2 Å². The van der Waals surface area contributed by atoms with Crippen LogP contribution in [0.4, 0.5) is 0 Å². The molecule has 1 aliphatic rings. The molecule has 2 aromatic carbocycles. The molecule has 8 heteroatoms. The van der Waals surface area contributed by atoms with Gasteiger partial charge in [0.05, 0.1) is 19.3 Å². The first-order valence-corrected chi connectivity index (χ1v) is 12.0. The van der Waals surface area contributed by atoms with Crippen molar-refractivity contribution in [2.24, 2.45) is 0 Å².